The van der Waals surface area contributed by atoms with Crippen LogP contribution in [0.25, 0.3) is 0 Å². The summed E-state index contributed by atoms with van der Waals surface area (Å²) in [7, 11) is 0. The molecule has 0 spiro atoms. The monoisotopic (exact) mass is 157 g/mol. The first-order chi connectivity index (χ1) is 5.15. The van der Waals surface area contributed by atoms with E-state index in [0.717, 1.165) is 0 Å². The molecule has 1 aromatic rings. The predicted octanol–water partition coefficient (Wildman–Crippen LogP) is 1.17. The molecule has 1 aromatic heterocycles. The third-order valence-electron chi connectivity index (χ3n) is 0.930. The number of rotatable bonds is 0. The van der Waals surface area contributed by atoms with Crippen molar-refractivity contribution in [3.05, 3.63) is 29.3 Å². The number of nitriles is 1. The lowest BCUT2D eigenvalue weighted by atomic mass is 10.3. The summed E-state index contributed by atoms with van der Waals surface area (Å²) in [5.74, 6) is -4.41. The topological polar surface area (TPSA) is 36.7 Å². The summed E-state index contributed by atoms with van der Waals surface area (Å²) in [5, 5.41) is 8.08. The molecule has 0 atom stereocenters. The highest BCUT2D eigenvalue weighted by molar-refractivity contribution is 5.25. The molecule has 1 rings (SSSR count). The number of hydrogen-bond donors (Lipinski definition) is 0. The van der Waals surface area contributed by atoms with E-state index in [9.17, 15) is 13.2 Å². The van der Waals surface area contributed by atoms with Gasteiger partial charge in [-0.3, -0.25) is 0 Å². The van der Waals surface area contributed by atoms with Crippen molar-refractivity contribution in [2.75, 3.05) is 0 Å². The number of pyridine rings is 1. The van der Waals surface area contributed by atoms with Crippen LogP contribution < -0.4 is 0 Å². The third-order valence-corrected chi connectivity index (χ3v) is 0.930. The maximum Gasteiger partial charge on any atom is 0.252 e. The zero-order valence-electron chi connectivity index (χ0n) is 5.03. The summed E-state index contributed by atoms with van der Waals surface area (Å²) in [6.07, 6.45) is 0. The van der Waals surface area contributed by atoms with Crippen molar-refractivity contribution >= 4 is 0 Å². The Balaban J connectivity index is 3.35. The van der Waals surface area contributed by atoms with E-state index in [1.807, 2.05) is 0 Å². The summed E-state index contributed by atoms with van der Waals surface area (Å²) in [6.45, 7) is 0. The first kappa shape index (κ1) is 7.54. The summed E-state index contributed by atoms with van der Waals surface area (Å²) >= 11 is 0. The van der Waals surface area contributed by atoms with Gasteiger partial charge in [-0.1, -0.05) is 0 Å². The van der Waals surface area contributed by atoms with Crippen LogP contribution in [-0.4, -0.2) is 4.98 Å². The van der Waals surface area contributed by atoms with Crippen LogP contribution in [0, 0.1) is 35.1 Å². The maximum atomic E-state index is 12.3. The number of hydrogen-bond acceptors (Lipinski definition) is 2. The van der Waals surface area contributed by atoms with Gasteiger partial charge in [-0.15, -0.1) is 0 Å². The molecule has 0 aliphatic carbocycles. The molecule has 5 heteroatoms. The van der Waals surface area contributed by atoms with Crippen LogP contribution in [0.1, 0.15) is 5.56 Å². The van der Waals surface area contributed by atoms with E-state index in [2.05, 4.69) is 4.98 Å². The average molecular weight is 157 g/mol. The molecule has 0 N–H and O–H groups in total. The van der Waals surface area contributed by atoms with Crippen molar-refractivity contribution < 1.29 is 13.2 Å². The molecule has 0 unspecified atom stereocenters. The summed E-state index contributed by atoms with van der Waals surface area (Å²) in [4.78, 5) is 2.48. The Morgan fingerprint density at radius 2 is 1.91 bits per heavy atom. The number of nitrogens with zero attached hydrogens (tertiary/aromatic N) is 2. The van der Waals surface area contributed by atoms with Crippen LogP contribution >= 0.6 is 0 Å². The van der Waals surface area contributed by atoms with E-state index in [1.165, 1.54) is 6.07 Å². The highest BCUT2D eigenvalue weighted by Gasteiger charge is 2.10. The Kier molecular flexibility index (Phi) is 1.77. The van der Waals surface area contributed by atoms with Gasteiger partial charge in [-0.25, -0.2) is 4.39 Å². The fraction of sp³-hybridized carbons (Fsp3) is 0. The second kappa shape index (κ2) is 2.58. The number of aromatic nitrogens is 1. The molecule has 2 nitrogen and oxygen atoms in total. The Morgan fingerprint density at radius 1 is 1.27 bits per heavy atom. The lowest BCUT2D eigenvalue weighted by molar-refractivity contribution is 0.444. The van der Waals surface area contributed by atoms with Gasteiger partial charge in [0.2, 0.25) is 5.95 Å². The average Bonchev–Trinajstić information content (AvgIpc) is 1.97. The molecule has 0 amide bonds. The minimum absolute atomic E-state index is 0.733. The summed E-state index contributed by atoms with van der Waals surface area (Å²) in [6, 6.07) is 2.82. The van der Waals surface area contributed by atoms with Crippen LogP contribution in [0.2, 0.25) is 0 Å². The lowest BCUT2D eigenvalue weighted by Gasteiger charge is -1.91. The van der Waals surface area contributed by atoms with Crippen molar-refractivity contribution in [1.29, 1.82) is 5.26 Å². The van der Waals surface area contributed by atoms with Gasteiger partial charge in [-0.05, 0) is 0 Å². The largest absolute Gasteiger partial charge is 0.252 e. The van der Waals surface area contributed by atoms with Gasteiger partial charge < -0.3 is 0 Å². The highest BCUT2D eigenvalue weighted by atomic mass is 19.2. The van der Waals surface area contributed by atoms with Crippen LogP contribution in [0.5, 0.6) is 0 Å². The lowest BCUT2D eigenvalue weighted by Crippen LogP contribution is -1.97. The Labute approximate surface area is 59.9 Å². The standard InChI is InChI=1S/C6F3N2/c7-4-1-3(2-10)5(8)11-6(4)9. The molecular formula is C6F3N2. The second-order valence-corrected chi connectivity index (χ2v) is 1.62. The minimum atomic E-state index is -1.60. The van der Waals surface area contributed by atoms with Gasteiger partial charge in [0.1, 0.15) is 11.6 Å². The quantitative estimate of drug-likeness (QED) is 0.530. The fourth-order valence-electron chi connectivity index (χ4n) is 0.478. The van der Waals surface area contributed by atoms with E-state index in [0.29, 0.717) is 0 Å². The summed E-state index contributed by atoms with van der Waals surface area (Å²) in [5.41, 5.74) is -0.733. The maximum absolute atomic E-state index is 12.3. The van der Waals surface area contributed by atoms with Crippen molar-refractivity contribution in [2.24, 2.45) is 0 Å². The van der Waals surface area contributed by atoms with Gasteiger partial charge in [0, 0.05) is 6.07 Å². The van der Waals surface area contributed by atoms with Crippen LogP contribution in [-0.2, 0) is 0 Å². The smallest absolute Gasteiger partial charge is 0.201 e. The van der Waals surface area contributed by atoms with E-state index in [1.54, 1.807) is 6.07 Å². The Hall–Kier alpha value is -1.57. The minimum Gasteiger partial charge on any atom is -0.201 e. The van der Waals surface area contributed by atoms with Crippen molar-refractivity contribution in [3.8, 4) is 6.07 Å². The third kappa shape index (κ3) is 1.29. The molecule has 0 aliphatic rings. The van der Waals surface area contributed by atoms with E-state index < -0.39 is 23.3 Å². The zero-order chi connectivity index (χ0) is 8.43. The van der Waals surface area contributed by atoms with Crippen LogP contribution in [0.15, 0.2) is 0 Å². The molecular weight excluding hydrogens is 157 g/mol. The molecule has 0 bridgehead atoms. The Morgan fingerprint density at radius 3 is 2.45 bits per heavy atom. The molecule has 55 valence electrons. The normalized spacial score (nSPS) is 9.27. The molecule has 0 saturated carbocycles. The fourth-order valence-corrected chi connectivity index (χ4v) is 0.478. The first-order valence-electron chi connectivity index (χ1n) is 2.49. The molecule has 0 fully saturated rings. The molecule has 0 saturated heterocycles. The Bertz CT molecular complexity index is 329. The van der Waals surface area contributed by atoms with E-state index >= 15 is 0 Å². The molecule has 1 radical (unpaired) electrons. The van der Waals surface area contributed by atoms with Gasteiger partial charge in [0.05, 0.1) is 0 Å². The van der Waals surface area contributed by atoms with Gasteiger partial charge in [0.25, 0.3) is 5.95 Å². The van der Waals surface area contributed by atoms with Gasteiger partial charge in [0.15, 0.2) is 5.82 Å². The molecule has 11 heavy (non-hydrogen) atoms. The van der Waals surface area contributed by atoms with Gasteiger partial charge >= 0.3 is 0 Å². The molecule has 0 aliphatic heterocycles. The van der Waals surface area contributed by atoms with Crippen molar-refractivity contribution in [3.63, 3.8) is 0 Å². The molecule has 1 heterocycles. The van der Waals surface area contributed by atoms with Crippen molar-refractivity contribution in [2.45, 2.75) is 0 Å². The predicted molar refractivity (Wildman–Crippen MR) is 27.7 cm³/mol. The van der Waals surface area contributed by atoms with E-state index in [4.69, 9.17) is 5.26 Å². The first-order valence-corrected chi connectivity index (χ1v) is 2.49. The molecule has 0 aromatic carbocycles. The highest BCUT2D eigenvalue weighted by Crippen LogP contribution is 2.07. The van der Waals surface area contributed by atoms with Crippen molar-refractivity contribution in [1.82, 2.24) is 4.98 Å². The van der Waals surface area contributed by atoms with Gasteiger partial charge in [-0.2, -0.15) is 19.0 Å². The number of halogens is 3. The van der Waals surface area contributed by atoms with Crippen LogP contribution in [0.4, 0.5) is 13.2 Å². The SMILES string of the molecule is N#Cc1[c]c(F)c(F)nc1F. The van der Waals surface area contributed by atoms with Crippen LogP contribution in [0.3, 0.4) is 0 Å². The zero-order valence-corrected chi connectivity index (χ0v) is 5.03. The second-order valence-electron chi connectivity index (χ2n) is 1.62. The summed E-state index contributed by atoms with van der Waals surface area (Å²) < 4.78 is 36.4. The van der Waals surface area contributed by atoms with E-state index in [-0.39, 0.29) is 0 Å².